The highest BCUT2D eigenvalue weighted by atomic mass is 79.9. The van der Waals surface area contributed by atoms with Gasteiger partial charge in [0.25, 0.3) is 0 Å². The lowest BCUT2D eigenvalue weighted by molar-refractivity contribution is 0.198. The zero-order valence-corrected chi connectivity index (χ0v) is 9.34. The Morgan fingerprint density at radius 3 is 2.77 bits per heavy atom. The maximum atomic E-state index is 9.34. The van der Waals surface area contributed by atoms with Crippen molar-refractivity contribution >= 4 is 15.9 Å². The third-order valence-corrected chi connectivity index (χ3v) is 2.39. The van der Waals surface area contributed by atoms with Gasteiger partial charge in [0.2, 0.25) is 0 Å². The number of ether oxygens (including phenoxy) is 1. The van der Waals surface area contributed by atoms with E-state index in [4.69, 9.17) is 4.74 Å². The highest BCUT2D eigenvalue weighted by Crippen LogP contribution is 2.28. The van der Waals surface area contributed by atoms with E-state index < -0.39 is 6.10 Å². The summed E-state index contributed by atoms with van der Waals surface area (Å²) in [7, 11) is 0. The summed E-state index contributed by atoms with van der Waals surface area (Å²) in [4.78, 5) is 0. The summed E-state index contributed by atoms with van der Waals surface area (Å²) in [5.74, 6) is 0.779. The van der Waals surface area contributed by atoms with Gasteiger partial charge >= 0.3 is 0 Å². The molecule has 0 bridgehead atoms. The molecule has 3 heteroatoms. The smallest absolute Gasteiger partial charge is 0.133 e. The molecule has 0 radical (unpaired) electrons. The van der Waals surface area contributed by atoms with E-state index in [0.717, 1.165) is 15.8 Å². The van der Waals surface area contributed by atoms with Crippen molar-refractivity contribution < 1.29 is 9.84 Å². The Morgan fingerprint density at radius 2 is 2.23 bits per heavy atom. The van der Waals surface area contributed by atoms with Gasteiger partial charge in [-0.25, -0.2) is 0 Å². The average Bonchev–Trinajstić information content (AvgIpc) is 2.08. The van der Waals surface area contributed by atoms with E-state index in [1.807, 2.05) is 25.1 Å². The lowest BCUT2D eigenvalue weighted by Crippen LogP contribution is -1.96. The number of hydrogen-bond donors (Lipinski definition) is 1. The Balaban J connectivity index is 2.97. The third-order valence-electron chi connectivity index (χ3n) is 1.74. The molecule has 0 heterocycles. The van der Waals surface area contributed by atoms with Gasteiger partial charge in [0.1, 0.15) is 5.75 Å². The molecule has 1 aromatic carbocycles. The maximum Gasteiger partial charge on any atom is 0.133 e. The predicted octanol–water partition coefficient (Wildman–Crippen LogP) is 2.90. The van der Waals surface area contributed by atoms with Crippen molar-refractivity contribution in [1.82, 2.24) is 0 Å². The first-order chi connectivity index (χ1) is 6.15. The minimum absolute atomic E-state index is 0.452. The Bertz CT molecular complexity index is 284. The van der Waals surface area contributed by atoms with Crippen LogP contribution in [-0.4, -0.2) is 11.7 Å². The lowest BCUT2D eigenvalue weighted by Gasteiger charge is -2.09. The molecule has 0 aliphatic carbocycles. The molecule has 0 aliphatic heterocycles. The van der Waals surface area contributed by atoms with Gasteiger partial charge in [0.15, 0.2) is 0 Å². The molecule has 0 fully saturated rings. The molecule has 1 atom stereocenters. The van der Waals surface area contributed by atoms with Crippen LogP contribution in [0.25, 0.3) is 0 Å². The first-order valence-corrected chi connectivity index (χ1v) is 5.04. The molecule has 0 aliphatic rings. The van der Waals surface area contributed by atoms with Crippen LogP contribution < -0.4 is 4.74 Å². The van der Waals surface area contributed by atoms with Crippen LogP contribution in [0.1, 0.15) is 25.5 Å². The van der Waals surface area contributed by atoms with E-state index >= 15 is 0 Å². The Labute approximate surface area is 86.7 Å². The van der Waals surface area contributed by atoms with Gasteiger partial charge in [-0.1, -0.05) is 6.07 Å². The second-order valence-electron chi connectivity index (χ2n) is 2.80. The van der Waals surface area contributed by atoms with Gasteiger partial charge in [-0.3, -0.25) is 0 Å². The predicted molar refractivity (Wildman–Crippen MR) is 55.9 cm³/mol. The molecule has 0 saturated heterocycles. The van der Waals surface area contributed by atoms with Crippen molar-refractivity contribution in [3.05, 3.63) is 28.2 Å². The summed E-state index contributed by atoms with van der Waals surface area (Å²) in [6, 6.07) is 5.60. The molecule has 0 amide bonds. The summed E-state index contributed by atoms with van der Waals surface area (Å²) >= 11 is 3.37. The monoisotopic (exact) mass is 244 g/mol. The Hall–Kier alpha value is -0.540. The van der Waals surface area contributed by atoms with Gasteiger partial charge < -0.3 is 9.84 Å². The van der Waals surface area contributed by atoms with Crippen LogP contribution in [0.5, 0.6) is 5.75 Å². The number of halogens is 1. The number of aliphatic hydroxyl groups excluding tert-OH is 1. The number of benzene rings is 1. The minimum Gasteiger partial charge on any atom is -0.493 e. The fourth-order valence-electron chi connectivity index (χ4n) is 1.05. The zero-order chi connectivity index (χ0) is 9.84. The molecule has 1 unspecified atom stereocenters. The zero-order valence-electron chi connectivity index (χ0n) is 7.75. The molecule has 2 nitrogen and oxygen atoms in total. The molecule has 1 rings (SSSR count). The molecule has 0 saturated carbocycles. The van der Waals surface area contributed by atoms with Crippen molar-refractivity contribution in [3.63, 3.8) is 0 Å². The van der Waals surface area contributed by atoms with Crippen molar-refractivity contribution in [2.24, 2.45) is 0 Å². The SMILES string of the molecule is CCOc1cc(C(C)O)ccc1Br. The van der Waals surface area contributed by atoms with Crippen LogP contribution in [0.2, 0.25) is 0 Å². The summed E-state index contributed by atoms with van der Waals surface area (Å²) in [6.07, 6.45) is -0.452. The number of aliphatic hydroxyl groups is 1. The first kappa shape index (κ1) is 10.5. The normalized spacial score (nSPS) is 12.6. The molecular weight excluding hydrogens is 232 g/mol. The van der Waals surface area contributed by atoms with Crippen LogP contribution in [0, 0.1) is 0 Å². The number of rotatable bonds is 3. The summed E-state index contributed by atoms with van der Waals surface area (Å²) < 4.78 is 6.28. The summed E-state index contributed by atoms with van der Waals surface area (Å²) in [5.41, 5.74) is 0.867. The van der Waals surface area contributed by atoms with Crippen molar-refractivity contribution in [2.45, 2.75) is 20.0 Å². The molecule has 1 aromatic rings. The van der Waals surface area contributed by atoms with E-state index in [-0.39, 0.29) is 0 Å². The van der Waals surface area contributed by atoms with E-state index in [1.165, 1.54) is 0 Å². The Kier molecular flexibility index (Phi) is 3.75. The molecule has 72 valence electrons. The standard InChI is InChI=1S/C10H13BrO2/c1-3-13-10-6-8(7(2)12)4-5-9(10)11/h4-7,12H,3H2,1-2H3. The molecular formula is C10H13BrO2. The molecule has 1 N–H and O–H groups in total. The van der Waals surface area contributed by atoms with Crippen molar-refractivity contribution in [2.75, 3.05) is 6.61 Å². The minimum atomic E-state index is -0.452. The van der Waals surface area contributed by atoms with Gasteiger partial charge in [0, 0.05) is 0 Å². The second kappa shape index (κ2) is 4.63. The second-order valence-corrected chi connectivity index (χ2v) is 3.65. The maximum absolute atomic E-state index is 9.34. The van der Waals surface area contributed by atoms with Crippen molar-refractivity contribution in [1.29, 1.82) is 0 Å². The largest absolute Gasteiger partial charge is 0.493 e. The van der Waals surface area contributed by atoms with Crippen molar-refractivity contribution in [3.8, 4) is 5.75 Å². The molecule has 0 aromatic heterocycles. The summed E-state index contributed by atoms with van der Waals surface area (Å²) in [5, 5.41) is 9.34. The summed E-state index contributed by atoms with van der Waals surface area (Å²) in [6.45, 7) is 4.29. The van der Waals surface area contributed by atoms with Crippen LogP contribution >= 0.6 is 15.9 Å². The van der Waals surface area contributed by atoms with Gasteiger partial charge in [-0.05, 0) is 47.5 Å². The Morgan fingerprint density at radius 1 is 1.54 bits per heavy atom. The number of hydrogen-bond acceptors (Lipinski definition) is 2. The van der Waals surface area contributed by atoms with Gasteiger partial charge in [0.05, 0.1) is 17.2 Å². The van der Waals surface area contributed by atoms with Gasteiger partial charge in [-0.2, -0.15) is 0 Å². The quantitative estimate of drug-likeness (QED) is 0.887. The van der Waals surface area contributed by atoms with E-state index in [9.17, 15) is 5.11 Å². The van der Waals surface area contributed by atoms with Crippen LogP contribution in [0.15, 0.2) is 22.7 Å². The third kappa shape index (κ3) is 2.71. The fraction of sp³-hybridized carbons (Fsp3) is 0.400. The van der Waals surface area contributed by atoms with Crippen LogP contribution in [0.3, 0.4) is 0 Å². The van der Waals surface area contributed by atoms with Crippen LogP contribution in [0.4, 0.5) is 0 Å². The van der Waals surface area contributed by atoms with Gasteiger partial charge in [-0.15, -0.1) is 0 Å². The highest BCUT2D eigenvalue weighted by Gasteiger charge is 2.05. The first-order valence-electron chi connectivity index (χ1n) is 4.25. The highest BCUT2D eigenvalue weighted by molar-refractivity contribution is 9.10. The van der Waals surface area contributed by atoms with E-state index in [0.29, 0.717) is 6.61 Å². The topological polar surface area (TPSA) is 29.5 Å². The fourth-order valence-corrected chi connectivity index (χ4v) is 1.41. The average molecular weight is 245 g/mol. The van der Waals surface area contributed by atoms with E-state index in [2.05, 4.69) is 15.9 Å². The van der Waals surface area contributed by atoms with Crippen LogP contribution in [-0.2, 0) is 0 Å². The van der Waals surface area contributed by atoms with E-state index in [1.54, 1.807) is 6.92 Å². The lowest BCUT2D eigenvalue weighted by atomic mass is 10.1. The molecule has 0 spiro atoms. The molecule has 13 heavy (non-hydrogen) atoms.